The number of anilines is 1. The van der Waals surface area contributed by atoms with E-state index in [1.165, 1.54) is 55.2 Å². The lowest BCUT2D eigenvalue weighted by Gasteiger charge is -2.21. The molecule has 0 bridgehead atoms. The Hall–Kier alpha value is -1.93. The first-order chi connectivity index (χ1) is 13.5. The predicted molar refractivity (Wildman–Crippen MR) is 112 cm³/mol. The molecule has 1 aliphatic carbocycles. The Balaban J connectivity index is 1.43. The highest BCUT2D eigenvalue weighted by Gasteiger charge is 2.20. The minimum Gasteiger partial charge on any atom is -0.454 e. The molecule has 2 aromatic rings. The second kappa shape index (κ2) is 10.0. The maximum absolute atomic E-state index is 12.3. The molecule has 8 heteroatoms. The van der Waals surface area contributed by atoms with Crippen molar-refractivity contribution in [2.75, 3.05) is 11.1 Å². The van der Waals surface area contributed by atoms with Gasteiger partial charge in [-0.25, -0.2) is 0 Å². The van der Waals surface area contributed by atoms with Crippen LogP contribution in [0.25, 0.3) is 0 Å². The average molecular weight is 420 g/mol. The minimum absolute atomic E-state index is 0.101. The summed E-state index contributed by atoms with van der Waals surface area (Å²) in [5.74, 6) is -0.535. The minimum atomic E-state index is -0.811. The fourth-order valence-electron chi connectivity index (χ4n) is 3.11. The van der Waals surface area contributed by atoms with Crippen LogP contribution < -0.4 is 5.32 Å². The Morgan fingerprint density at radius 2 is 1.93 bits per heavy atom. The zero-order chi connectivity index (χ0) is 19.9. The number of aromatic nitrogens is 2. The summed E-state index contributed by atoms with van der Waals surface area (Å²) in [4.78, 5) is 24.4. The Bertz CT molecular complexity index is 801. The normalized spacial score (nSPS) is 15.8. The zero-order valence-electron chi connectivity index (χ0n) is 16.1. The van der Waals surface area contributed by atoms with Crippen molar-refractivity contribution in [1.29, 1.82) is 0 Å². The third kappa shape index (κ3) is 6.04. The molecular weight excluding hydrogens is 394 g/mol. The van der Waals surface area contributed by atoms with Gasteiger partial charge >= 0.3 is 5.97 Å². The highest BCUT2D eigenvalue weighted by molar-refractivity contribution is 8.01. The van der Waals surface area contributed by atoms with E-state index in [9.17, 15) is 9.59 Å². The molecule has 28 heavy (non-hydrogen) atoms. The first kappa shape index (κ1) is 20.8. The molecule has 0 aliphatic heterocycles. The highest BCUT2D eigenvalue weighted by Crippen LogP contribution is 2.28. The lowest BCUT2D eigenvalue weighted by molar-refractivity contribution is -0.143. The number of ketones is 1. The average Bonchev–Trinajstić information content (AvgIpc) is 3.14. The summed E-state index contributed by atoms with van der Waals surface area (Å²) in [5, 5.41) is 12.5. The predicted octanol–water partition coefficient (Wildman–Crippen LogP) is 4.50. The summed E-state index contributed by atoms with van der Waals surface area (Å²) >= 11 is 2.73. The van der Waals surface area contributed by atoms with E-state index in [0.29, 0.717) is 15.9 Å². The quantitative estimate of drug-likeness (QED) is 0.383. The van der Waals surface area contributed by atoms with Gasteiger partial charge in [0.15, 0.2) is 10.4 Å². The number of aryl methyl sites for hydroxylation is 1. The van der Waals surface area contributed by atoms with Crippen LogP contribution in [0.15, 0.2) is 28.6 Å². The number of carbonyl (C=O) groups excluding carboxylic acids is 2. The summed E-state index contributed by atoms with van der Waals surface area (Å²) in [6.07, 6.45) is 5.34. The first-order valence-corrected chi connectivity index (χ1v) is 11.3. The second-order valence-corrected chi connectivity index (χ2v) is 9.20. The number of nitrogens with one attached hydrogen (secondary N) is 1. The van der Waals surface area contributed by atoms with E-state index in [-0.39, 0.29) is 11.5 Å². The Morgan fingerprint density at radius 1 is 1.21 bits per heavy atom. The molecule has 1 aromatic carbocycles. The maximum Gasteiger partial charge on any atom is 0.317 e. The van der Waals surface area contributed by atoms with E-state index >= 15 is 0 Å². The van der Waals surface area contributed by atoms with E-state index in [2.05, 4.69) is 15.5 Å². The SMILES string of the molecule is Cc1ccc(C(=O)[C@H](C)OC(=O)CSc2nnc(NC3CCCCC3)s2)cc1. The fraction of sp³-hybridized carbons (Fsp3) is 0.500. The van der Waals surface area contributed by atoms with Crippen LogP contribution in [0, 0.1) is 6.92 Å². The largest absolute Gasteiger partial charge is 0.454 e. The van der Waals surface area contributed by atoms with Crippen LogP contribution in [0.4, 0.5) is 5.13 Å². The van der Waals surface area contributed by atoms with Crippen molar-refractivity contribution in [1.82, 2.24) is 10.2 Å². The molecular formula is C20H25N3O3S2. The molecule has 1 aromatic heterocycles. The summed E-state index contributed by atoms with van der Waals surface area (Å²) < 4.78 is 5.99. The molecule has 1 heterocycles. The van der Waals surface area contributed by atoms with Gasteiger partial charge in [0, 0.05) is 11.6 Å². The number of benzene rings is 1. The third-order valence-corrected chi connectivity index (χ3v) is 6.63. The lowest BCUT2D eigenvalue weighted by Crippen LogP contribution is -2.25. The van der Waals surface area contributed by atoms with Crippen LogP contribution in [0.2, 0.25) is 0 Å². The van der Waals surface area contributed by atoms with Gasteiger partial charge < -0.3 is 10.1 Å². The standard InChI is InChI=1S/C20H25N3O3S2/c1-13-8-10-15(11-9-13)18(25)14(2)26-17(24)12-27-20-23-22-19(28-20)21-16-6-4-3-5-7-16/h8-11,14,16H,3-7,12H2,1-2H3,(H,21,22)/t14-/m0/s1. The molecule has 0 spiro atoms. The number of ether oxygens (including phenoxy) is 1. The number of nitrogens with zero attached hydrogens (tertiary/aromatic N) is 2. The second-order valence-electron chi connectivity index (χ2n) is 7.00. The van der Waals surface area contributed by atoms with Crippen molar-refractivity contribution in [3.05, 3.63) is 35.4 Å². The maximum atomic E-state index is 12.3. The van der Waals surface area contributed by atoms with Crippen molar-refractivity contribution in [2.24, 2.45) is 0 Å². The van der Waals surface area contributed by atoms with Gasteiger partial charge in [-0.2, -0.15) is 0 Å². The van der Waals surface area contributed by atoms with Gasteiger partial charge in [0.2, 0.25) is 10.9 Å². The fourth-order valence-corrected chi connectivity index (χ4v) is 4.72. The Kier molecular flexibility index (Phi) is 7.44. The Morgan fingerprint density at radius 3 is 2.64 bits per heavy atom. The smallest absolute Gasteiger partial charge is 0.317 e. The van der Waals surface area contributed by atoms with Crippen LogP contribution in [0.5, 0.6) is 0 Å². The van der Waals surface area contributed by atoms with Crippen molar-refractivity contribution in [3.63, 3.8) is 0 Å². The van der Waals surface area contributed by atoms with Gasteiger partial charge in [-0.1, -0.05) is 72.2 Å². The van der Waals surface area contributed by atoms with Crippen molar-refractivity contribution < 1.29 is 14.3 Å². The van der Waals surface area contributed by atoms with Gasteiger partial charge in [-0.05, 0) is 26.7 Å². The van der Waals surface area contributed by atoms with Gasteiger partial charge in [0.25, 0.3) is 0 Å². The molecule has 0 unspecified atom stereocenters. The number of thioether (sulfide) groups is 1. The van der Waals surface area contributed by atoms with E-state index in [0.717, 1.165) is 10.7 Å². The van der Waals surface area contributed by atoms with Crippen LogP contribution in [0.1, 0.15) is 54.9 Å². The molecule has 0 saturated heterocycles. The molecule has 0 radical (unpaired) electrons. The molecule has 0 amide bonds. The van der Waals surface area contributed by atoms with Crippen molar-refractivity contribution >= 4 is 40.0 Å². The summed E-state index contributed by atoms with van der Waals surface area (Å²) in [7, 11) is 0. The van der Waals surface area contributed by atoms with Gasteiger partial charge in [0.05, 0.1) is 5.75 Å². The molecule has 150 valence electrons. The molecule has 1 fully saturated rings. The van der Waals surface area contributed by atoms with Crippen LogP contribution in [-0.2, 0) is 9.53 Å². The first-order valence-electron chi connectivity index (χ1n) is 9.54. The molecule has 6 nitrogen and oxygen atoms in total. The number of hydrogen-bond acceptors (Lipinski definition) is 8. The zero-order valence-corrected chi connectivity index (χ0v) is 17.8. The van der Waals surface area contributed by atoms with E-state index < -0.39 is 12.1 Å². The highest BCUT2D eigenvalue weighted by atomic mass is 32.2. The molecule has 1 aliphatic rings. The Labute approximate surface area is 173 Å². The van der Waals surface area contributed by atoms with Crippen molar-refractivity contribution in [2.45, 2.75) is 62.4 Å². The van der Waals surface area contributed by atoms with Crippen molar-refractivity contribution in [3.8, 4) is 0 Å². The summed E-state index contributed by atoms with van der Waals surface area (Å²) in [5.41, 5.74) is 1.62. The van der Waals surface area contributed by atoms with Gasteiger partial charge in [0.1, 0.15) is 0 Å². The van der Waals surface area contributed by atoms with Gasteiger partial charge in [-0.15, -0.1) is 10.2 Å². The monoisotopic (exact) mass is 419 g/mol. The summed E-state index contributed by atoms with van der Waals surface area (Å²) in [6, 6.07) is 7.70. The van der Waals surface area contributed by atoms with Crippen LogP contribution >= 0.6 is 23.1 Å². The topological polar surface area (TPSA) is 81.2 Å². The van der Waals surface area contributed by atoms with E-state index in [1.54, 1.807) is 19.1 Å². The van der Waals surface area contributed by atoms with Crippen LogP contribution in [-0.4, -0.2) is 39.8 Å². The number of hydrogen-bond donors (Lipinski definition) is 1. The number of rotatable bonds is 8. The number of carbonyl (C=O) groups is 2. The molecule has 1 N–H and O–H groups in total. The van der Waals surface area contributed by atoms with E-state index in [4.69, 9.17) is 4.74 Å². The molecule has 1 saturated carbocycles. The number of esters is 1. The lowest BCUT2D eigenvalue weighted by atomic mass is 9.96. The van der Waals surface area contributed by atoms with Gasteiger partial charge in [-0.3, -0.25) is 9.59 Å². The number of Topliss-reactive ketones (excluding diaryl/α,β-unsaturated/α-hetero) is 1. The summed E-state index contributed by atoms with van der Waals surface area (Å²) in [6.45, 7) is 3.56. The molecule has 3 rings (SSSR count). The van der Waals surface area contributed by atoms with Crippen LogP contribution in [0.3, 0.4) is 0 Å². The third-order valence-electron chi connectivity index (χ3n) is 4.67. The molecule has 1 atom stereocenters. The van der Waals surface area contributed by atoms with E-state index in [1.807, 2.05) is 19.1 Å².